The fraction of sp³-hybridized carbons (Fsp3) is 0.222. The molecule has 0 saturated carbocycles. The molecule has 0 amide bonds. The van der Waals surface area contributed by atoms with Crippen LogP contribution >= 0.6 is 0 Å². The van der Waals surface area contributed by atoms with Crippen molar-refractivity contribution in [3.63, 3.8) is 0 Å². The number of hydrogen-bond acceptors (Lipinski definition) is 9. The minimum atomic E-state index is 0.233. The van der Waals surface area contributed by atoms with E-state index < -0.39 is 0 Å². The number of aromatic nitrogens is 4. The summed E-state index contributed by atoms with van der Waals surface area (Å²) in [7, 11) is 1.98. The minimum Gasteiger partial charge on any atom is -0.454 e. The third kappa shape index (κ3) is 3.08. The van der Waals surface area contributed by atoms with Gasteiger partial charge in [-0.05, 0) is 53.3 Å². The average molecular weight is 365 g/mol. The van der Waals surface area contributed by atoms with Gasteiger partial charge < -0.3 is 14.0 Å². The Hall–Kier alpha value is -3.46. The van der Waals surface area contributed by atoms with Crippen molar-refractivity contribution in [2.45, 2.75) is 13.1 Å². The molecule has 2 aromatic heterocycles. The predicted molar refractivity (Wildman–Crippen MR) is 92.8 cm³/mol. The maximum atomic E-state index is 5.39. The molecule has 9 heteroatoms. The summed E-state index contributed by atoms with van der Waals surface area (Å²) in [6, 6.07) is 11.4. The van der Waals surface area contributed by atoms with E-state index in [0.717, 1.165) is 27.9 Å². The lowest BCUT2D eigenvalue weighted by molar-refractivity contribution is 0.174. The second kappa shape index (κ2) is 6.36. The molecule has 0 fully saturated rings. The van der Waals surface area contributed by atoms with Crippen LogP contribution in [0.5, 0.6) is 11.5 Å². The van der Waals surface area contributed by atoms with Gasteiger partial charge in [0, 0.05) is 12.1 Å². The maximum Gasteiger partial charge on any atom is 0.241 e. The van der Waals surface area contributed by atoms with Gasteiger partial charge >= 0.3 is 0 Å². The number of ether oxygens (including phenoxy) is 2. The number of benzene rings is 2. The van der Waals surface area contributed by atoms with Gasteiger partial charge in [-0.1, -0.05) is 11.2 Å². The van der Waals surface area contributed by atoms with E-state index in [-0.39, 0.29) is 6.79 Å². The average Bonchev–Trinajstić information content (AvgIpc) is 3.40. The Bertz CT molecular complexity index is 1110. The van der Waals surface area contributed by atoms with E-state index in [0.29, 0.717) is 30.6 Å². The van der Waals surface area contributed by atoms with E-state index in [9.17, 15) is 0 Å². The summed E-state index contributed by atoms with van der Waals surface area (Å²) in [6.45, 7) is 1.45. The van der Waals surface area contributed by atoms with Crippen LogP contribution in [0.3, 0.4) is 0 Å². The zero-order chi connectivity index (χ0) is 18.2. The van der Waals surface area contributed by atoms with Crippen molar-refractivity contribution >= 4 is 11.0 Å². The summed E-state index contributed by atoms with van der Waals surface area (Å²) in [6.07, 6.45) is 0. The molecule has 2 aromatic carbocycles. The van der Waals surface area contributed by atoms with Crippen LogP contribution in [-0.2, 0) is 13.1 Å². The van der Waals surface area contributed by atoms with Gasteiger partial charge in [0.25, 0.3) is 0 Å². The van der Waals surface area contributed by atoms with Crippen molar-refractivity contribution in [3.8, 4) is 22.9 Å². The van der Waals surface area contributed by atoms with Gasteiger partial charge in [0.2, 0.25) is 18.5 Å². The molecule has 0 saturated heterocycles. The van der Waals surface area contributed by atoms with Crippen LogP contribution in [-0.4, -0.2) is 39.2 Å². The van der Waals surface area contributed by atoms with Crippen LogP contribution in [0.25, 0.3) is 22.4 Å². The van der Waals surface area contributed by atoms with E-state index in [1.54, 1.807) is 0 Å². The highest BCUT2D eigenvalue weighted by molar-refractivity contribution is 5.73. The molecular formula is C18H15N5O4. The Morgan fingerprint density at radius 1 is 0.926 bits per heavy atom. The molecule has 0 bridgehead atoms. The van der Waals surface area contributed by atoms with Crippen LogP contribution in [0, 0.1) is 0 Å². The van der Waals surface area contributed by atoms with Gasteiger partial charge in [-0.25, -0.2) is 4.63 Å². The quantitative estimate of drug-likeness (QED) is 0.528. The minimum absolute atomic E-state index is 0.233. The molecule has 0 unspecified atom stereocenters. The zero-order valence-electron chi connectivity index (χ0n) is 14.5. The van der Waals surface area contributed by atoms with E-state index >= 15 is 0 Å². The molecule has 0 aliphatic carbocycles. The number of rotatable bonds is 5. The van der Waals surface area contributed by atoms with E-state index in [2.05, 4.69) is 25.4 Å². The third-order valence-electron chi connectivity index (χ3n) is 4.27. The van der Waals surface area contributed by atoms with Gasteiger partial charge in [-0.2, -0.15) is 4.98 Å². The number of nitrogens with zero attached hydrogens (tertiary/aromatic N) is 5. The smallest absolute Gasteiger partial charge is 0.241 e. The summed E-state index contributed by atoms with van der Waals surface area (Å²) >= 11 is 0. The van der Waals surface area contributed by atoms with E-state index in [4.69, 9.17) is 18.6 Å². The van der Waals surface area contributed by atoms with Crippen molar-refractivity contribution in [1.29, 1.82) is 0 Å². The van der Waals surface area contributed by atoms with Gasteiger partial charge in [0.15, 0.2) is 11.5 Å². The Labute approximate surface area is 153 Å². The van der Waals surface area contributed by atoms with E-state index in [1.807, 2.05) is 43.4 Å². The molecule has 0 atom stereocenters. The van der Waals surface area contributed by atoms with Crippen LogP contribution < -0.4 is 9.47 Å². The standard InChI is InChI=1S/C18H15N5O4/c1-23(8-11-2-4-13-14(6-11)21-27-20-13)9-17-19-18(22-26-17)12-3-5-15-16(7-12)25-10-24-15/h2-7H,8-10H2,1H3. The Balaban J connectivity index is 1.28. The molecule has 27 heavy (non-hydrogen) atoms. The molecule has 4 aromatic rings. The first kappa shape index (κ1) is 15.8. The van der Waals surface area contributed by atoms with Gasteiger partial charge in [0.1, 0.15) is 11.0 Å². The van der Waals surface area contributed by atoms with Crippen LogP contribution in [0.4, 0.5) is 0 Å². The Morgan fingerprint density at radius 2 is 1.81 bits per heavy atom. The normalized spacial score (nSPS) is 13.0. The molecule has 136 valence electrons. The molecule has 1 aliphatic heterocycles. The molecule has 1 aliphatic rings. The van der Waals surface area contributed by atoms with Crippen molar-refractivity contribution < 1.29 is 18.6 Å². The summed E-state index contributed by atoms with van der Waals surface area (Å²) in [5.74, 6) is 2.47. The second-order valence-corrected chi connectivity index (χ2v) is 6.34. The van der Waals surface area contributed by atoms with Gasteiger partial charge in [-0.3, -0.25) is 4.90 Å². The lowest BCUT2D eigenvalue weighted by Crippen LogP contribution is -2.17. The first-order valence-electron chi connectivity index (χ1n) is 8.37. The highest BCUT2D eigenvalue weighted by Gasteiger charge is 2.17. The summed E-state index contributed by atoms with van der Waals surface area (Å²) < 4.78 is 20.8. The van der Waals surface area contributed by atoms with Crippen molar-refractivity contribution in [2.24, 2.45) is 0 Å². The summed E-state index contributed by atoms with van der Waals surface area (Å²) in [4.78, 5) is 6.55. The fourth-order valence-corrected chi connectivity index (χ4v) is 3.00. The molecule has 0 radical (unpaired) electrons. The molecule has 9 nitrogen and oxygen atoms in total. The highest BCUT2D eigenvalue weighted by atomic mass is 16.7. The molecule has 3 heterocycles. The highest BCUT2D eigenvalue weighted by Crippen LogP contribution is 2.35. The maximum absolute atomic E-state index is 5.39. The zero-order valence-corrected chi connectivity index (χ0v) is 14.5. The second-order valence-electron chi connectivity index (χ2n) is 6.34. The van der Waals surface area contributed by atoms with Gasteiger partial charge in [0.05, 0.1) is 6.54 Å². The molecule has 0 spiro atoms. The van der Waals surface area contributed by atoms with Crippen molar-refractivity contribution in [1.82, 2.24) is 25.4 Å². The monoisotopic (exact) mass is 365 g/mol. The van der Waals surface area contributed by atoms with Crippen LogP contribution in [0.15, 0.2) is 45.6 Å². The van der Waals surface area contributed by atoms with E-state index in [1.165, 1.54) is 0 Å². The van der Waals surface area contributed by atoms with Crippen molar-refractivity contribution in [2.75, 3.05) is 13.8 Å². The molecule has 5 rings (SSSR count). The fourth-order valence-electron chi connectivity index (χ4n) is 3.00. The Morgan fingerprint density at radius 3 is 2.78 bits per heavy atom. The lowest BCUT2D eigenvalue weighted by atomic mass is 10.2. The SMILES string of the molecule is CN(Cc1ccc2nonc2c1)Cc1nc(-c2ccc3c(c2)OCO3)no1. The summed E-state index contributed by atoms with van der Waals surface area (Å²) in [5, 5.41) is 11.7. The first-order chi connectivity index (χ1) is 13.2. The van der Waals surface area contributed by atoms with Gasteiger partial charge in [-0.15, -0.1) is 0 Å². The van der Waals surface area contributed by atoms with Crippen LogP contribution in [0.2, 0.25) is 0 Å². The molecular weight excluding hydrogens is 350 g/mol. The first-order valence-corrected chi connectivity index (χ1v) is 8.37. The Kier molecular flexibility index (Phi) is 3.72. The lowest BCUT2D eigenvalue weighted by Gasteiger charge is -2.13. The largest absolute Gasteiger partial charge is 0.454 e. The summed E-state index contributed by atoms with van der Waals surface area (Å²) in [5.41, 5.74) is 3.40. The third-order valence-corrected chi connectivity index (χ3v) is 4.27. The molecule has 0 N–H and O–H groups in total. The van der Waals surface area contributed by atoms with Crippen LogP contribution in [0.1, 0.15) is 11.5 Å². The number of hydrogen-bond donors (Lipinski definition) is 0. The van der Waals surface area contributed by atoms with Crippen molar-refractivity contribution in [3.05, 3.63) is 47.9 Å². The number of fused-ring (bicyclic) bond motifs is 2. The predicted octanol–water partition coefficient (Wildman–Crippen LogP) is 2.63. The topological polar surface area (TPSA) is 99.5 Å².